The van der Waals surface area contributed by atoms with Crippen LogP contribution in [-0.4, -0.2) is 60.0 Å². The Kier molecular flexibility index (Phi) is 4.81. The number of hydrogen-bond acceptors (Lipinski definition) is 4. The van der Waals surface area contributed by atoms with E-state index >= 15 is 0 Å². The van der Waals surface area contributed by atoms with Crippen LogP contribution in [0, 0.1) is 0 Å². The first-order valence-electron chi connectivity index (χ1n) is 5.36. The van der Waals surface area contributed by atoms with Crippen LogP contribution < -0.4 is 5.32 Å². The van der Waals surface area contributed by atoms with Crippen molar-refractivity contribution in [2.24, 2.45) is 0 Å². The van der Waals surface area contributed by atoms with Gasteiger partial charge in [0.1, 0.15) is 0 Å². The summed E-state index contributed by atoms with van der Waals surface area (Å²) in [6.45, 7) is 3.35. The predicted octanol–water partition coefficient (Wildman–Crippen LogP) is -0.588. The van der Waals surface area contributed by atoms with E-state index in [9.17, 15) is 0 Å². The third-order valence-corrected chi connectivity index (χ3v) is 2.85. The van der Waals surface area contributed by atoms with Crippen LogP contribution in [0.4, 0.5) is 0 Å². The smallest absolute Gasteiger partial charge is 0.0894 e. The Labute approximate surface area is 85.9 Å². The molecule has 4 heteroatoms. The fourth-order valence-corrected chi connectivity index (χ4v) is 1.51. The third-order valence-electron chi connectivity index (χ3n) is 2.85. The van der Waals surface area contributed by atoms with Crippen molar-refractivity contribution < 1.29 is 10.2 Å². The molecule has 0 saturated heterocycles. The van der Waals surface area contributed by atoms with Gasteiger partial charge in [0, 0.05) is 25.2 Å². The largest absolute Gasteiger partial charge is 0.394 e. The molecular formula is C10H22N2O2. The van der Waals surface area contributed by atoms with E-state index in [1.807, 2.05) is 0 Å². The first kappa shape index (κ1) is 11.9. The highest BCUT2D eigenvalue weighted by Gasteiger charge is 2.28. The van der Waals surface area contributed by atoms with Crippen LogP contribution in [0.3, 0.4) is 0 Å². The molecule has 1 aliphatic rings. The van der Waals surface area contributed by atoms with Crippen molar-refractivity contribution in [1.82, 2.24) is 10.2 Å². The molecule has 3 N–H and O–H groups in total. The maximum Gasteiger partial charge on any atom is 0.0894 e. The van der Waals surface area contributed by atoms with Crippen molar-refractivity contribution in [1.29, 1.82) is 0 Å². The number of likely N-dealkylation sites (N-methyl/N-ethyl adjacent to an activating group) is 1. The summed E-state index contributed by atoms with van der Waals surface area (Å²) in [5, 5.41) is 20.9. The molecule has 1 aliphatic carbocycles. The van der Waals surface area contributed by atoms with Crippen LogP contribution in [0.1, 0.15) is 19.8 Å². The highest BCUT2D eigenvalue weighted by molar-refractivity contribution is 4.85. The molecule has 1 fully saturated rings. The summed E-state index contributed by atoms with van der Waals surface area (Å²) < 4.78 is 0. The Morgan fingerprint density at radius 1 is 1.43 bits per heavy atom. The van der Waals surface area contributed by atoms with Crippen LogP contribution in [0.25, 0.3) is 0 Å². The van der Waals surface area contributed by atoms with Gasteiger partial charge in [0.2, 0.25) is 0 Å². The summed E-state index contributed by atoms with van der Waals surface area (Å²) in [7, 11) is 2.15. The Morgan fingerprint density at radius 3 is 2.57 bits per heavy atom. The summed E-state index contributed by atoms with van der Waals surface area (Å²) in [6.07, 6.45) is 2.01. The van der Waals surface area contributed by atoms with Gasteiger partial charge in [-0.3, -0.25) is 4.90 Å². The highest BCUT2D eigenvalue weighted by Crippen LogP contribution is 2.26. The molecule has 0 spiro atoms. The fraction of sp³-hybridized carbons (Fsp3) is 1.00. The molecule has 84 valence electrons. The van der Waals surface area contributed by atoms with E-state index < -0.39 is 6.10 Å². The van der Waals surface area contributed by atoms with E-state index in [1.165, 1.54) is 12.8 Å². The van der Waals surface area contributed by atoms with Gasteiger partial charge in [0.25, 0.3) is 0 Å². The first-order chi connectivity index (χ1) is 6.65. The van der Waals surface area contributed by atoms with E-state index in [1.54, 1.807) is 0 Å². The van der Waals surface area contributed by atoms with E-state index in [4.69, 9.17) is 10.2 Å². The maximum absolute atomic E-state index is 9.10. The molecular weight excluding hydrogens is 180 g/mol. The quantitative estimate of drug-likeness (QED) is 0.516. The standard InChI is InChI=1S/C10H22N2O2/c1-8(12(2)9-3-4-9)5-11-6-10(14)7-13/h8-11,13-14H,3-7H2,1-2H3/t8?,10-/m0/s1. The molecule has 1 rings (SSSR count). The zero-order chi connectivity index (χ0) is 10.6. The average Bonchev–Trinajstić information content (AvgIpc) is 2.99. The Hall–Kier alpha value is -0.160. The first-order valence-corrected chi connectivity index (χ1v) is 5.36. The summed E-state index contributed by atoms with van der Waals surface area (Å²) in [6, 6.07) is 1.27. The van der Waals surface area contributed by atoms with Crippen molar-refractivity contribution >= 4 is 0 Å². The topological polar surface area (TPSA) is 55.7 Å². The Bertz CT molecular complexity index is 162. The lowest BCUT2D eigenvalue weighted by Gasteiger charge is -2.25. The SMILES string of the molecule is CC(CNC[C@H](O)CO)N(C)C1CC1. The van der Waals surface area contributed by atoms with E-state index in [0.29, 0.717) is 12.6 Å². The van der Waals surface area contributed by atoms with Crippen molar-refractivity contribution in [3.8, 4) is 0 Å². The van der Waals surface area contributed by atoms with Crippen LogP contribution in [0.15, 0.2) is 0 Å². The number of nitrogens with one attached hydrogen (secondary N) is 1. The molecule has 0 heterocycles. The van der Waals surface area contributed by atoms with Crippen LogP contribution in [0.2, 0.25) is 0 Å². The molecule has 0 bridgehead atoms. The van der Waals surface area contributed by atoms with Gasteiger partial charge in [-0.25, -0.2) is 0 Å². The van der Waals surface area contributed by atoms with Gasteiger partial charge in [0.05, 0.1) is 12.7 Å². The summed E-state index contributed by atoms with van der Waals surface area (Å²) >= 11 is 0. The maximum atomic E-state index is 9.10. The number of nitrogens with zero attached hydrogens (tertiary/aromatic N) is 1. The van der Waals surface area contributed by atoms with Gasteiger partial charge in [-0.1, -0.05) is 0 Å². The number of hydrogen-bond donors (Lipinski definition) is 3. The Morgan fingerprint density at radius 2 is 2.07 bits per heavy atom. The Balaban J connectivity index is 2.04. The van der Waals surface area contributed by atoms with E-state index in [0.717, 1.165) is 12.6 Å². The van der Waals surface area contributed by atoms with Crippen LogP contribution >= 0.6 is 0 Å². The van der Waals surface area contributed by atoms with Gasteiger partial charge in [-0.2, -0.15) is 0 Å². The molecule has 14 heavy (non-hydrogen) atoms. The van der Waals surface area contributed by atoms with Gasteiger partial charge in [0.15, 0.2) is 0 Å². The molecule has 0 radical (unpaired) electrons. The lowest BCUT2D eigenvalue weighted by Crippen LogP contribution is -2.41. The van der Waals surface area contributed by atoms with Crippen LogP contribution in [-0.2, 0) is 0 Å². The van der Waals surface area contributed by atoms with E-state index in [2.05, 4.69) is 24.2 Å². The van der Waals surface area contributed by atoms with Crippen molar-refractivity contribution in [2.75, 3.05) is 26.7 Å². The normalized spacial score (nSPS) is 21.2. The monoisotopic (exact) mass is 202 g/mol. The zero-order valence-electron chi connectivity index (χ0n) is 9.11. The predicted molar refractivity (Wildman–Crippen MR) is 56.2 cm³/mol. The summed E-state index contributed by atoms with van der Waals surface area (Å²) in [5.41, 5.74) is 0. The fourth-order valence-electron chi connectivity index (χ4n) is 1.51. The number of aliphatic hydroxyl groups is 2. The number of aliphatic hydroxyl groups excluding tert-OH is 2. The van der Waals surface area contributed by atoms with Gasteiger partial charge >= 0.3 is 0 Å². The van der Waals surface area contributed by atoms with Gasteiger partial charge in [-0.05, 0) is 26.8 Å². The molecule has 4 nitrogen and oxygen atoms in total. The molecule has 2 atom stereocenters. The van der Waals surface area contributed by atoms with Crippen LogP contribution in [0.5, 0.6) is 0 Å². The summed E-state index contributed by atoms with van der Waals surface area (Å²) in [4.78, 5) is 2.37. The number of rotatable bonds is 7. The third kappa shape index (κ3) is 3.92. The molecule has 1 unspecified atom stereocenters. The minimum atomic E-state index is -0.631. The summed E-state index contributed by atoms with van der Waals surface area (Å²) in [5.74, 6) is 0. The second kappa shape index (κ2) is 5.66. The molecule has 0 amide bonds. The second-order valence-electron chi connectivity index (χ2n) is 4.24. The molecule has 0 aromatic carbocycles. The second-order valence-corrected chi connectivity index (χ2v) is 4.24. The molecule has 0 aromatic rings. The van der Waals surface area contributed by atoms with E-state index in [-0.39, 0.29) is 6.61 Å². The van der Waals surface area contributed by atoms with Gasteiger partial charge < -0.3 is 15.5 Å². The van der Waals surface area contributed by atoms with Crippen molar-refractivity contribution in [3.05, 3.63) is 0 Å². The molecule has 1 saturated carbocycles. The zero-order valence-corrected chi connectivity index (χ0v) is 9.11. The van der Waals surface area contributed by atoms with Gasteiger partial charge in [-0.15, -0.1) is 0 Å². The lowest BCUT2D eigenvalue weighted by molar-refractivity contribution is 0.0924. The highest BCUT2D eigenvalue weighted by atomic mass is 16.3. The minimum Gasteiger partial charge on any atom is -0.394 e. The minimum absolute atomic E-state index is 0.167. The molecule has 0 aromatic heterocycles. The average molecular weight is 202 g/mol. The lowest BCUT2D eigenvalue weighted by atomic mass is 10.2. The van der Waals surface area contributed by atoms with Crippen molar-refractivity contribution in [2.45, 2.75) is 38.0 Å². The van der Waals surface area contributed by atoms with Crippen molar-refractivity contribution in [3.63, 3.8) is 0 Å². The molecule has 0 aliphatic heterocycles.